The van der Waals surface area contributed by atoms with Crippen LogP contribution in [-0.4, -0.2) is 29.2 Å². The Hall–Kier alpha value is -1.52. The lowest BCUT2D eigenvalue weighted by Gasteiger charge is -2.24. The molecule has 5 heteroatoms. The minimum atomic E-state index is -1.21. The Kier molecular flexibility index (Phi) is 5.44. The molecule has 86 valence electrons. The Bertz CT molecular complexity index is 253. The number of rotatable bonds is 6. The maximum atomic E-state index is 11.3. The highest BCUT2D eigenvalue weighted by Crippen LogP contribution is 2.08. The summed E-state index contributed by atoms with van der Waals surface area (Å²) in [6.07, 6.45) is 2.66. The number of aliphatic carboxylic acids is 1. The van der Waals surface area contributed by atoms with Gasteiger partial charge in [0.05, 0.1) is 0 Å². The molecule has 0 aliphatic heterocycles. The van der Waals surface area contributed by atoms with Gasteiger partial charge in [-0.25, -0.2) is 9.59 Å². The summed E-state index contributed by atoms with van der Waals surface area (Å²) in [7, 11) is 0. The lowest BCUT2D eigenvalue weighted by atomic mass is 10.00. The van der Waals surface area contributed by atoms with Gasteiger partial charge >= 0.3 is 12.0 Å². The quantitative estimate of drug-likeness (QED) is 0.458. The van der Waals surface area contributed by atoms with E-state index in [1.165, 1.54) is 6.92 Å². The topological polar surface area (TPSA) is 78.4 Å². The van der Waals surface area contributed by atoms with Crippen LogP contribution in [-0.2, 0) is 4.79 Å². The van der Waals surface area contributed by atoms with Gasteiger partial charge in [0.1, 0.15) is 5.54 Å². The van der Waals surface area contributed by atoms with E-state index in [1.54, 1.807) is 13.0 Å². The highest BCUT2D eigenvalue weighted by atomic mass is 16.4. The molecule has 0 spiro atoms. The maximum Gasteiger partial charge on any atom is 0.329 e. The fraction of sp³-hybridized carbons (Fsp3) is 0.600. The van der Waals surface area contributed by atoms with E-state index in [2.05, 4.69) is 17.2 Å². The Morgan fingerprint density at radius 1 is 1.53 bits per heavy atom. The molecule has 0 aliphatic carbocycles. The van der Waals surface area contributed by atoms with E-state index in [1.807, 2.05) is 0 Å². The Morgan fingerprint density at radius 3 is 2.53 bits per heavy atom. The summed E-state index contributed by atoms with van der Waals surface area (Å²) in [5.74, 6) is -1.04. The first-order chi connectivity index (χ1) is 6.96. The number of carboxylic acid groups (broad SMARTS) is 1. The molecule has 1 unspecified atom stereocenters. The third kappa shape index (κ3) is 4.49. The standard InChI is InChI=1S/C10H18N2O3/c1-4-6-7-11-9(15)12-10(3,5-2)8(13)14/h4H,1,5-7H2,2-3H3,(H,13,14)(H2,11,12,15). The van der Waals surface area contributed by atoms with Crippen LogP contribution in [0, 0.1) is 0 Å². The van der Waals surface area contributed by atoms with Gasteiger partial charge in [0.2, 0.25) is 0 Å². The largest absolute Gasteiger partial charge is 0.480 e. The number of nitrogens with one attached hydrogen (secondary N) is 2. The second-order valence-corrected chi connectivity index (χ2v) is 3.45. The van der Waals surface area contributed by atoms with Crippen LogP contribution in [0.4, 0.5) is 4.79 Å². The number of carboxylic acids is 1. The van der Waals surface area contributed by atoms with E-state index in [4.69, 9.17) is 5.11 Å². The molecule has 0 aromatic heterocycles. The minimum absolute atomic E-state index is 0.331. The van der Waals surface area contributed by atoms with Crippen LogP contribution in [0.15, 0.2) is 12.7 Å². The smallest absolute Gasteiger partial charge is 0.329 e. The SMILES string of the molecule is C=CCCNC(=O)NC(C)(CC)C(=O)O. The van der Waals surface area contributed by atoms with Crippen LogP contribution in [0.5, 0.6) is 0 Å². The molecule has 0 aromatic carbocycles. The molecule has 5 nitrogen and oxygen atoms in total. The van der Waals surface area contributed by atoms with Gasteiger partial charge in [0.25, 0.3) is 0 Å². The number of hydrogen-bond acceptors (Lipinski definition) is 2. The molecule has 0 heterocycles. The number of urea groups is 1. The molecule has 3 N–H and O–H groups in total. The summed E-state index contributed by atoms with van der Waals surface area (Å²) in [5.41, 5.74) is -1.21. The van der Waals surface area contributed by atoms with Crippen LogP contribution in [0.25, 0.3) is 0 Å². The summed E-state index contributed by atoms with van der Waals surface area (Å²) in [6, 6.07) is -0.469. The summed E-state index contributed by atoms with van der Waals surface area (Å²) in [6.45, 7) is 7.14. The van der Waals surface area contributed by atoms with Crippen molar-refractivity contribution in [3.05, 3.63) is 12.7 Å². The predicted molar refractivity (Wildman–Crippen MR) is 57.7 cm³/mol. The molecule has 0 rings (SSSR count). The van der Waals surface area contributed by atoms with Crippen LogP contribution in [0.3, 0.4) is 0 Å². The van der Waals surface area contributed by atoms with Crippen molar-refractivity contribution in [1.82, 2.24) is 10.6 Å². The molecule has 0 fully saturated rings. The monoisotopic (exact) mass is 214 g/mol. The van der Waals surface area contributed by atoms with E-state index in [0.717, 1.165) is 0 Å². The Labute approximate surface area is 89.6 Å². The van der Waals surface area contributed by atoms with Gasteiger partial charge in [-0.1, -0.05) is 13.0 Å². The van der Waals surface area contributed by atoms with Crippen molar-refractivity contribution in [2.24, 2.45) is 0 Å². The molecule has 0 saturated carbocycles. The zero-order valence-electron chi connectivity index (χ0n) is 9.17. The minimum Gasteiger partial charge on any atom is -0.480 e. The van der Waals surface area contributed by atoms with Crippen LogP contribution in [0.2, 0.25) is 0 Å². The third-order valence-corrected chi connectivity index (χ3v) is 2.20. The van der Waals surface area contributed by atoms with Crippen molar-refractivity contribution in [1.29, 1.82) is 0 Å². The summed E-state index contributed by atoms with van der Waals surface area (Å²) >= 11 is 0. The second kappa shape index (κ2) is 6.06. The van der Waals surface area contributed by atoms with Gasteiger partial charge in [0, 0.05) is 6.54 Å². The fourth-order valence-corrected chi connectivity index (χ4v) is 0.876. The molecular weight excluding hydrogens is 196 g/mol. The van der Waals surface area contributed by atoms with Crippen molar-refractivity contribution in [3.63, 3.8) is 0 Å². The lowest BCUT2D eigenvalue weighted by Crippen LogP contribution is -2.54. The normalized spacial score (nSPS) is 13.7. The van der Waals surface area contributed by atoms with Crippen molar-refractivity contribution in [2.45, 2.75) is 32.2 Å². The molecule has 0 aliphatic rings. The lowest BCUT2D eigenvalue weighted by molar-refractivity contribution is -0.143. The van der Waals surface area contributed by atoms with Crippen LogP contribution >= 0.6 is 0 Å². The third-order valence-electron chi connectivity index (χ3n) is 2.20. The molecule has 0 saturated heterocycles. The predicted octanol–water partition coefficient (Wildman–Crippen LogP) is 1.11. The van der Waals surface area contributed by atoms with E-state index in [0.29, 0.717) is 19.4 Å². The second-order valence-electron chi connectivity index (χ2n) is 3.45. The number of carbonyl (C=O) groups excluding carboxylic acids is 1. The zero-order chi connectivity index (χ0) is 11.9. The van der Waals surface area contributed by atoms with Crippen molar-refractivity contribution < 1.29 is 14.7 Å². The molecule has 0 aromatic rings. The number of carbonyl (C=O) groups is 2. The number of hydrogen-bond donors (Lipinski definition) is 3. The molecule has 0 bridgehead atoms. The highest BCUT2D eigenvalue weighted by Gasteiger charge is 2.32. The van der Waals surface area contributed by atoms with Crippen molar-refractivity contribution >= 4 is 12.0 Å². The molecule has 15 heavy (non-hydrogen) atoms. The molecule has 2 amide bonds. The average Bonchev–Trinajstić information content (AvgIpc) is 2.17. The molecular formula is C10H18N2O3. The average molecular weight is 214 g/mol. The summed E-state index contributed by atoms with van der Waals surface area (Å²) < 4.78 is 0. The highest BCUT2D eigenvalue weighted by molar-refractivity contribution is 5.85. The van der Waals surface area contributed by atoms with Gasteiger partial charge in [-0.15, -0.1) is 6.58 Å². The fourth-order valence-electron chi connectivity index (χ4n) is 0.876. The maximum absolute atomic E-state index is 11.3. The van der Waals surface area contributed by atoms with Gasteiger partial charge in [-0.3, -0.25) is 0 Å². The summed E-state index contributed by atoms with van der Waals surface area (Å²) in [5, 5.41) is 13.9. The van der Waals surface area contributed by atoms with Gasteiger partial charge in [-0.2, -0.15) is 0 Å². The molecule has 1 atom stereocenters. The Balaban J connectivity index is 4.13. The van der Waals surface area contributed by atoms with E-state index >= 15 is 0 Å². The van der Waals surface area contributed by atoms with E-state index in [9.17, 15) is 9.59 Å². The van der Waals surface area contributed by atoms with Crippen molar-refractivity contribution in [2.75, 3.05) is 6.54 Å². The van der Waals surface area contributed by atoms with Crippen LogP contribution < -0.4 is 10.6 Å². The first kappa shape index (κ1) is 13.5. The first-order valence-electron chi connectivity index (χ1n) is 4.86. The van der Waals surface area contributed by atoms with Gasteiger partial charge in [-0.05, 0) is 19.8 Å². The van der Waals surface area contributed by atoms with Gasteiger partial charge < -0.3 is 15.7 Å². The van der Waals surface area contributed by atoms with Crippen LogP contribution in [0.1, 0.15) is 26.7 Å². The zero-order valence-corrected chi connectivity index (χ0v) is 9.17. The number of amides is 2. The molecule has 0 radical (unpaired) electrons. The Morgan fingerprint density at radius 2 is 2.13 bits per heavy atom. The summed E-state index contributed by atoms with van der Waals surface area (Å²) in [4.78, 5) is 22.1. The van der Waals surface area contributed by atoms with E-state index in [-0.39, 0.29) is 0 Å². The van der Waals surface area contributed by atoms with Gasteiger partial charge in [0.15, 0.2) is 0 Å². The van der Waals surface area contributed by atoms with Crippen molar-refractivity contribution in [3.8, 4) is 0 Å². The van der Waals surface area contributed by atoms with E-state index < -0.39 is 17.5 Å². The first-order valence-corrected chi connectivity index (χ1v) is 4.86.